The topological polar surface area (TPSA) is 163 Å². The summed E-state index contributed by atoms with van der Waals surface area (Å²) in [6.07, 6.45) is 9.19. The van der Waals surface area contributed by atoms with E-state index in [9.17, 15) is 9.59 Å². The average Bonchev–Trinajstić information content (AvgIpc) is 3.88. The molecular weight excluding hydrogens is 835 g/mol. The minimum atomic E-state index is -1.20. The number of imidazole rings is 2. The van der Waals surface area contributed by atoms with Crippen LogP contribution in [0, 0.1) is 17.5 Å². The molecule has 0 aliphatic heterocycles. The number of carbonyl (C=O) groups excluding carboxylic acids is 2. The molecule has 50 heavy (non-hydrogen) atoms. The summed E-state index contributed by atoms with van der Waals surface area (Å²) < 4.78 is 28.5. The Morgan fingerprint density at radius 3 is 2.34 bits per heavy atom. The van der Waals surface area contributed by atoms with E-state index < -0.39 is 20.0 Å². The maximum atomic E-state index is 11.9. The second-order valence-corrected chi connectivity index (χ2v) is 20.2. The number of anilines is 4. The summed E-state index contributed by atoms with van der Waals surface area (Å²) in [6.45, 7) is 11.8. The molecule has 0 bridgehead atoms. The molecule has 0 radical (unpaired) electrons. The number of nitrogens with zero attached hydrogens (tertiary/aromatic N) is 9. The number of hydrogen-bond acceptors (Lipinski definition) is 15. The van der Waals surface area contributed by atoms with Crippen LogP contribution in [0.5, 0.6) is 0 Å². The van der Waals surface area contributed by atoms with Crippen LogP contribution in [-0.2, 0) is 14.2 Å². The molecule has 15 nitrogen and oxygen atoms in total. The number of aryl methyl sites for hydroxylation is 2. The molecule has 266 valence electrons. The van der Waals surface area contributed by atoms with Crippen molar-refractivity contribution in [1.29, 1.82) is 0 Å². The average molecular weight is 871 g/mol. The summed E-state index contributed by atoms with van der Waals surface area (Å²) in [5.74, 6) is 0.360. The van der Waals surface area contributed by atoms with Gasteiger partial charge in [0, 0.05) is 51.6 Å². The third-order valence-electron chi connectivity index (χ3n) is 6.82. The Morgan fingerprint density at radius 1 is 0.960 bits per heavy atom. The van der Waals surface area contributed by atoms with Crippen molar-refractivity contribution >= 4 is 111 Å². The maximum absolute atomic E-state index is 11.9. The molecule has 0 atom stereocenters. The summed E-state index contributed by atoms with van der Waals surface area (Å²) >= 11 is 4.61. The van der Waals surface area contributed by atoms with Gasteiger partial charge >= 0.3 is 11.9 Å². The Kier molecular flexibility index (Phi) is 13.2. The Hall–Kier alpha value is -3.76. The maximum Gasteiger partial charge on any atom is 0.357 e. The SMILES string of the molecule is COC(=O)c1cc(N(COCC[Si](C)(C)C)c2nc(C)cn3c(I)cnc23)sn1.COC(=O)c1cc(Nc2nc(C)cn3ccnc23)sn1.Cl. The van der Waals surface area contributed by atoms with Crippen molar-refractivity contribution in [2.45, 2.75) is 39.5 Å². The van der Waals surface area contributed by atoms with Crippen molar-refractivity contribution in [1.82, 2.24) is 37.5 Å². The van der Waals surface area contributed by atoms with E-state index in [-0.39, 0.29) is 23.8 Å². The van der Waals surface area contributed by atoms with E-state index in [0.717, 1.165) is 31.8 Å². The van der Waals surface area contributed by atoms with Gasteiger partial charge in [0.05, 0.1) is 31.8 Å². The van der Waals surface area contributed by atoms with Gasteiger partial charge in [-0.3, -0.25) is 9.30 Å². The molecule has 20 heteroatoms. The van der Waals surface area contributed by atoms with Gasteiger partial charge in [-0.25, -0.2) is 29.5 Å². The number of halogens is 2. The Bertz CT molecular complexity index is 2100. The van der Waals surface area contributed by atoms with Gasteiger partial charge in [-0.15, -0.1) is 12.4 Å². The van der Waals surface area contributed by atoms with E-state index in [1.165, 1.54) is 37.3 Å². The lowest BCUT2D eigenvalue weighted by molar-refractivity contribution is 0.0587. The quantitative estimate of drug-likeness (QED) is 0.0477. The number of fused-ring (bicyclic) bond motifs is 2. The van der Waals surface area contributed by atoms with Crippen LogP contribution in [0.2, 0.25) is 25.7 Å². The lowest BCUT2D eigenvalue weighted by atomic mass is 10.4. The number of nitrogens with one attached hydrogen (secondary N) is 1. The largest absolute Gasteiger partial charge is 0.464 e. The van der Waals surface area contributed by atoms with Crippen molar-refractivity contribution in [3.8, 4) is 0 Å². The summed E-state index contributed by atoms with van der Waals surface area (Å²) in [4.78, 5) is 43.1. The molecule has 6 heterocycles. The first-order valence-corrected chi connectivity index (χ1v) is 21.2. The summed E-state index contributed by atoms with van der Waals surface area (Å²) in [6, 6.07) is 4.39. The highest BCUT2D eigenvalue weighted by Crippen LogP contribution is 2.32. The standard InChI is InChI=1S/C18H24IN5O3SSi.C12H11N5O2S.ClH/c1-12-10-23-14(19)9-20-16(23)17(21-12)24(11-27-6-7-29(3,4)5)15-8-13(22-28-15)18(25)26-2;1-7-6-17-4-3-13-11(17)10(14-7)15-9-5-8(16-20-9)12(18)19-2;/h8-10H,6-7,11H2,1-5H3;3-6H,1-2H3,(H,14,15);1H. The second-order valence-electron chi connectivity index (χ2n) is 11.9. The van der Waals surface area contributed by atoms with Gasteiger partial charge in [0.15, 0.2) is 34.3 Å². The molecule has 1 N–H and O–H groups in total. The number of hydrogen-bond donors (Lipinski definition) is 1. The molecular formula is C30H36ClIN10O5S2Si. The van der Waals surface area contributed by atoms with Crippen molar-refractivity contribution in [3.63, 3.8) is 0 Å². The first kappa shape index (κ1) is 39.0. The van der Waals surface area contributed by atoms with Gasteiger partial charge in [0.25, 0.3) is 0 Å². The zero-order chi connectivity index (χ0) is 35.3. The van der Waals surface area contributed by atoms with Gasteiger partial charge < -0.3 is 23.9 Å². The van der Waals surface area contributed by atoms with Gasteiger partial charge in [0.1, 0.15) is 20.4 Å². The van der Waals surface area contributed by atoms with Crippen molar-refractivity contribution in [3.05, 3.63) is 69.6 Å². The zero-order valence-corrected chi connectivity index (χ0v) is 33.9. The smallest absolute Gasteiger partial charge is 0.357 e. The highest BCUT2D eigenvalue weighted by Gasteiger charge is 2.23. The fourth-order valence-electron chi connectivity index (χ4n) is 4.39. The van der Waals surface area contributed by atoms with Crippen LogP contribution < -0.4 is 10.2 Å². The molecule has 0 saturated carbocycles. The van der Waals surface area contributed by atoms with E-state index in [1.54, 1.807) is 24.5 Å². The molecule has 0 unspecified atom stereocenters. The minimum Gasteiger partial charge on any atom is -0.464 e. The molecule has 0 amide bonds. The van der Waals surface area contributed by atoms with E-state index in [4.69, 9.17) is 14.5 Å². The van der Waals surface area contributed by atoms with Crippen LogP contribution in [-0.4, -0.2) is 85.1 Å². The molecule has 0 aliphatic rings. The lowest BCUT2D eigenvalue weighted by Gasteiger charge is -2.23. The highest BCUT2D eigenvalue weighted by molar-refractivity contribution is 14.1. The fourth-order valence-corrected chi connectivity index (χ4v) is 7.01. The first-order valence-electron chi connectivity index (χ1n) is 14.9. The molecule has 6 aromatic heterocycles. The Labute approximate surface area is 317 Å². The number of esters is 2. The van der Waals surface area contributed by atoms with Gasteiger partial charge in [-0.2, -0.15) is 8.75 Å². The monoisotopic (exact) mass is 870 g/mol. The fraction of sp³-hybridized carbons (Fsp3) is 0.333. The predicted molar refractivity (Wildman–Crippen MR) is 207 cm³/mol. The Morgan fingerprint density at radius 2 is 1.64 bits per heavy atom. The minimum absolute atomic E-state index is 0. The van der Waals surface area contributed by atoms with E-state index in [2.05, 4.69) is 76.0 Å². The number of carbonyl (C=O) groups is 2. The van der Waals surface area contributed by atoms with Crippen LogP contribution in [0.1, 0.15) is 32.4 Å². The molecule has 0 aromatic carbocycles. The Balaban J connectivity index is 0.000000234. The first-order chi connectivity index (χ1) is 23.4. The van der Waals surface area contributed by atoms with Gasteiger partial charge in [-0.1, -0.05) is 19.6 Å². The zero-order valence-electron chi connectivity index (χ0n) is 28.3. The van der Waals surface area contributed by atoms with Crippen LogP contribution >= 0.6 is 58.1 Å². The number of rotatable bonds is 11. The van der Waals surface area contributed by atoms with Crippen LogP contribution in [0.15, 0.2) is 43.1 Å². The van der Waals surface area contributed by atoms with Crippen LogP contribution in [0.25, 0.3) is 11.3 Å². The molecule has 0 fully saturated rings. The normalized spacial score (nSPS) is 11.1. The number of aromatic nitrogens is 8. The molecule has 0 aliphatic carbocycles. The van der Waals surface area contributed by atoms with E-state index in [0.29, 0.717) is 35.6 Å². The summed E-state index contributed by atoms with van der Waals surface area (Å²) in [7, 11) is 1.47. The second kappa shape index (κ2) is 17.0. The van der Waals surface area contributed by atoms with E-state index >= 15 is 0 Å². The molecule has 0 spiro atoms. The van der Waals surface area contributed by atoms with E-state index in [1.807, 2.05) is 46.1 Å². The van der Waals surface area contributed by atoms with Crippen LogP contribution in [0.4, 0.5) is 21.6 Å². The lowest BCUT2D eigenvalue weighted by Crippen LogP contribution is -2.26. The molecule has 6 aromatic rings. The van der Waals surface area contributed by atoms with Crippen molar-refractivity contribution in [2.75, 3.05) is 37.8 Å². The van der Waals surface area contributed by atoms with Gasteiger partial charge in [0.2, 0.25) is 0 Å². The third kappa shape index (κ3) is 9.51. The van der Waals surface area contributed by atoms with Crippen LogP contribution in [0.3, 0.4) is 0 Å². The van der Waals surface area contributed by atoms with Crippen molar-refractivity contribution < 1.29 is 23.8 Å². The van der Waals surface area contributed by atoms with Crippen molar-refractivity contribution in [2.24, 2.45) is 0 Å². The summed E-state index contributed by atoms with van der Waals surface area (Å²) in [5.41, 5.74) is 3.68. The molecule has 6 rings (SSSR count). The van der Waals surface area contributed by atoms with Gasteiger partial charge in [-0.05, 0) is 65.5 Å². The molecule has 0 saturated heterocycles. The third-order valence-corrected chi connectivity index (χ3v) is 10.8. The summed E-state index contributed by atoms with van der Waals surface area (Å²) in [5, 5.41) is 4.58. The number of ether oxygens (including phenoxy) is 3. The highest BCUT2D eigenvalue weighted by atomic mass is 127. The predicted octanol–water partition coefficient (Wildman–Crippen LogP) is 6.78. The number of methoxy groups -OCH3 is 2.